The van der Waals surface area contributed by atoms with Crippen LogP contribution in [0.4, 0.5) is 0 Å². The molecule has 0 radical (unpaired) electrons. The number of hydrogen-bond acceptors (Lipinski definition) is 13. The van der Waals surface area contributed by atoms with Crippen molar-refractivity contribution in [3.63, 3.8) is 0 Å². The quantitative estimate of drug-likeness (QED) is 0.112. The van der Waals surface area contributed by atoms with Crippen molar-refractivity contribution in [1.29, 1.82) is 0 Å². The Kier molecular flexibility index (Phi) is 18.6. The lowest BCUT2D eigenvalue weighted by Crippen LogP contribution is -2.00. The standard InChI is InChI=1S/C38H24N4.C37H23N5.C32H20N4/c1-3-8-25(9-4-1)34-24-35(26-10-5-2-6-11-26)42-38(41-34)30-15-13-27(14-16-30)33-22-19-29-18-20-31-32(37(29)40-33)21-17-28-12-7-23-39-36(28)31;1-3-8-27(9-4-1)35-40-36(28-10-5-2-6-11-28)42-37(41-35)29-15-13-24(14-16-29)32-22-19-26-18-20-30-31(34(26)39-32)21-17-25-12-7-23-38-33(25)30;1-3-8-21(9-4-1)28-20-29(22-10-5-2-6-11-22)36-32(35-28)27-18-15-24-14-16-25-26(31(24)34-27)17-13-23-12-7-19-33-30(23)25/h1-24H;1-23H;1-20H. The minimum Gasteiger partial charge on any atom is -0.256 e. The first kappa shape index (κ1) is 71.3. The van der Waals surface area contributed by atoms with Crippen LogP contribution in [0.2, 0.25) is 0 Å². The summed E-state index contributed by atoms with van der Waals surface area (Å²) in [6.07, 6.45) is 5.53. The first-order valence-electron chi connectivity index (χ1n) is 39.7. The Morgan fingerprint density at radius 2 is 0.342 bits per heavy atom. The summed E-state index contributed by atoms with van der Waals surface area (Å²) in [5.74, 6) is 3.22. The SMILES string of the molecule is c1ccc(-c2cc(-c3ccccc3)nc(-c3ccc(-c4ccc5ccc6c(ccc7cccnc76)c5n4)cc3)n2)cc1.c1ccc(-c2cc(-c3ccccc3)nc(-c3ccc4ccc5c(ccc6cccnc65)c4n3)n2)cc1.c1ccc(-c2nc(-c3ccccc3)nc(-c3ccc(-c4ccc5ccc6c(ccc7cccnc76)c5n4)cc3)n2)cc1. The van der Waals surface area contributed by atoms with Crippen LogP contribution in [0.25, 0.3) is 222 Å². The van der Waals surface area contributed by atoms with Crippen LogP contribution in [-0.4, -0.2) is 64.8 Å². The summed E-state index contributed by atoms with van der Waals surface area (Å²) in [5.41, 5.74) is 22.0. The lowest BCUT2D eigenvalue weighted by molar-refractivity contribution is 1.07. The van der Waals surface area contributed by atoms with Crippen molar-refractivity contribution in [2.45, 2.75) is 0 Å². The summed E-state index contributed by atoms with van der Waals surface area (Å²) in [6, 6.07) is 132. The van der Waals surface area contributed by atoms with E-state index < -0.39 is 0 Å². The van der Waals surface area contributed by atoms with E-state index in [9.17, 15) is 0 Å². The minimum atomic E-state index is 0.605. The molecule has 13 heteroatoms. The third kappa shape index (κ3) is 14.1. The van der Waals surface area contributed by atoms with Crippen molar-refractivity contribution in [2.75, 3.05) is 0 Å². The first-order chi connectivity index (χ1) is 59.4. The molecule has 0 N–H and O–H groups in total. The highest BCUT2D eigenvalue weighted by Crippen LogP contribution is 2.38. The van der Waals surface area contributed by atoms with Crippen molar-refractivity contribution >= 4 is 97.7 Å². The Balaban J connectivity index is 0.000000112. The molecular formula is C107H67N13. The van der Waals surface area contributed by atoms with Gasteiger partial charge in [-0.3, -0.25) is 15.0 Å². The summed E-state index contributed by atoms with van der Waals surface area (Å²) in [6.45, 7) is 0. The Hall–Kier alpha value is -16.5. The minimum absolute atomic E-state index is 0.605. The maximum absolute atomic E-state index is 5.13. The van der Waals surface area contributed by atoms with Crippen LogP contribution in [0.3, 0.4) is 0 Å². The monoisotopic (exact) mass is 1530 g/mol. The van der Waals surface area contributed by atoms with Crippen molar-refractivity contribution in [3.8, 4) is 125 Å². The topological polar surface area (TPSA) is 168 Å². The van der Waals surface area contributed by atoms with E-state index in [1.54, 1.807) is 0 Å². The van der Waals surface area contributed by atoms with Crippen LogP contribution < -0.4 is 0 Å². The molecule has 0 saturated heterocycles. The van der Waals surface area contributed by atoms with E-state index in [1.807, 2.05) is 182 Å². The van der Waals surface area contributed by atoms with Gasteiger partial charge in [-0.05, 0) is 48.5 Å². The fourth-order valence-corrected chi connectivity index (χ4v) is 15.7. The predicted molar refractivity (Wildman–Crippen MR) is 488 cm³/mol. The summed E-state index contributed by atoms with van der Waals surface area (Å²) in [4.78, 5) is 63.6. The maximum atomic E-state index is 5.13. The zero-order valence-electron chi connectivity index (χ0n) is 64.5. The van der Waals surface area contributed by atoms with Crippen LogP contribution in [0, 0.1) is 0 Å². The lowest BCUT2D eigenvalue weighted by atomic mass is 10.0. The zero-order valence-corrected chi connectivity index (χ0v) is 64.5. The molecule has 0 aliphatic carbocycles. The number of pyridine rings is 6. The van der Waals surface area contributed by atoms with Gasteiger partial charge in [0.2, 0.25) is 0 Å². The summed E-state index contributed by atoms with van der Waals surface area (Å²) < 4.78 is 0. The van der Waals surface area contributed by atoms with Gasteiger partial charge < -0.3 is 0 Å². The van der Waals surface area contributed by atoms with E-state index in [4.69, 9.17) is 49.8 Å². The molecular weight excluding hydrogens is 1470 g/mol. The Morgan fingerprint density at radius 1 is 0.125 bits per heavy atom. The fourth-order valence-electron chi connectivity index (χ4n) is 15.7. The van der Waals surface area contributed by atoms with E-state index >= 15 is 0 Å². The molecule has 0 aliphatic rings. The molecule has 0 aliphatic heterocycles. The number of fused-ring (bicyclic) bond motifs is 15. The number of hydrogen-bond donors (Lipinski definition) is 0. The van der Waals surface area contributed by atoms with E-state index in [2.05, 4.69) is 239 Å². The van der Waals surface area contributed by atoms with Gasteiger partial charge in [-0.1, -0.05) is 340 Å². The van der Waals surface area contributed by atoms with Crippen molar-refractivity contribution in [1.82, 2.24) is 64.8 Å². The van der Waals surface area contributed by atoms with E-state index in [0.29, 0.717) is 29.1 Å². The van der Waals surface area contributed by atoms with Crippen molar-refractivity contribution in [3.05, 3.63) is 407 Å². The van der Waals surface area contributed by atoms with Crippen LogP contribution in [0.1, 0.15) is 0 Å². The van der Waals surface area contributed by atoms with Crippen LogP contribution >= 0.6 is 0 Å². The zero-order chi connectivity index (χ0) is 79.7. The molecule has 0 amide bonds. The second-order valence-corrected chi connectivity index (χ2v) is 29.3. The highest BCUT2D eigenvalue weighted by Gasteiger charge is 2.19. The van der Waals surface area contributed by atoms with Crippen LogP contribution in [0.15, 0.2) is 407 Å². The van der Waals surface area contributed by atoms with Crippen molar-refractivity contribution < 1.29 is 0 Å². The van der Waals surface area contributed by atoms with Crippen LogP contribution in [-0.2, 0) is 0 Å². The molecule has 23 aromatic rings. The van der Waals surface area contributed by atoms with Gasteiger partial charge in [-0.15, -0.1) is 0 Å². The summed E-state index contributed by atoms with van der Waals surface area (Å²) in [7, 11) is 0. The molecule has 0 saturated carbocycles. The predicted octanol–water partition coefficient (Wildman–Crippen LogP) is 25.9. The first-order valence-corrected chi connectivity index (χ1v) is 39.7. The Bertz CT molecular complexity index is 7310. The molecule has 0 bridgehead atoms. The number of aromatic nitrogens is 13. The van der Waals surface area contributed by atoms with E-state index in [1.165, 1.54) is 0 Å². The second-order valence-electron chi connectivity index (χ2n) is 29.3. The second kappa shape index (κ2) is 31.4. The molecule has 0 fully saturated rings. The van der Waals surface area contributed by atoms with Gasteiger partial charge >= 0.3 is 0 Å². The van der Waals surface area contributed by atoms with Gasteiger partial charge in [-0.25, -0.2) is 49.8 Å². The van der Waals surface area contributed by atoms with Gasteiger partial charge in [0.25, 0.3) is 0 Å². The number of rotatable bonds is 11. The average Bonchev–Trinajstić information content (AvgIpc) is 0.762. The Labute approximate surface area is 689 Å². The molecule has 0 unspecified atom stereocenters. The molecule has 560 valence electrons. The fraction of sp³-hybridized carbons (Fsp3) is 0. The Morgan fingerprint density at radius 3 is 0.650 bits per heavy atom. The van der Waals surface area contributed by atoms with E-state index in [0.717, 1.165) is 193 Å². The van der Waals surface area contributed by atoms with Gasteiger partial charge in [0.15, 0.2) is 29.1 Å². The summed E-state index contributed by atoms with van der Waals surface area (Å²) in [5, 5.41) is 13.3. The van der Waals surface area contributed by atoms with Gasteiger partial charge in [0.1, 0.15) is 5.69 Å². The largest absolute Gasteiger partial charge is 0.256 e. The van der Waals surface area contributed by atoms with Crippen LogP contribution in [0.5, 0.6) is 0 Å². The highest BCUT2D eigenvalue weighted by atomic mass is 15.0. The average molecular weight is 1530 g/mol. The molecule has 13 nitrogen and oxygen atoms in total. The number of benzene rings is 14. The van der Waals surface area contributed by atoms with Gasteiger partial charge in [-0.2, -0.15) is 0 Å². The smallest absolute Gasteiger partial charge is 0.179 e. The van der Waals surface area contributed by atoms with E-state index in [-0.39, 0.29) is 0 Å². The van der Waals surface area contributed by atoms with Crippen molar-refractivity contribution in [2.24, 2.45) is 0 Å². The third-order valence-electron chi connectivity index (χ3n) is 21.8. The molecule has 14 aromatic carbocycles. The molecule has 120 heavy (non-hydrogen) atoms. The molecule has 0 atom stereocenters. The van der Waals surface area contributed by atoms with Gasteiger partial charge in [0, 0.05) is 139 Å². The van der Waals surface area contributed by atoms with Gasteiger partial charge in [0.05, 0.1) is 67.3 Å². The third-order valence-corrected chi connectivity index (χ3v) is 21.8. The number of nitrogens with zero attached hydrogens (tertiary/aromatic N) is 13. The maximum Gasteiger partial charge on any atom is 0.179 e. The molecule has 0 spiro atoms. The lowest BCUT2D eigenvalue weighted by Gasteiger charge is -2.10. The molecule has 9 aromatic heterocycles. The molecule has 23 rings (SSSR count). The normalized spacial score (nSPS) is 11.3. The molecule has 9 heterocycles. The highest BCUT2D eigenvalue weighted by molar-refractivity contribution is 6.17. The summed E-state index contributed by atoms with van der Waals surface area (Å²) >= 11 is 0.